The van der Waals surface area contributed by atoms with Gasteiger partial charge in [-0.3, -0.25) is 19.4 Å². The minimum atomic E-state index is -4.55. The third kappa shape index (κ3) is 4.30. The van der Waals surface area contributed by atoms with Crippen LogP contribution in [0.25, 0.3) is 16.6 Å². The second-order valence-corrected chi connectivity index (χ2v) is 7.32. The number of aromatic nitrogens is 3. The predicted octanol–water partition coefficient (Wildman–Crippen LogP) is 3.26. The highest BCUT2D eigenvalue weighted by Gasteiger charge is 2.32. The van der Waals surface area contributed by atoms with Crippen molar-refractivity contribution in [2.75, 3.05) is 17.8 Å². The molecule has 5 N–H and O–H groups in total. The number of hydrogen-bond donors (Lipinski definition) is 3. The number of nitrogen functional groups attached to an aromatic ring is 1. The zero-order chi connectivity index (χ0) is 23.8. The molecule has 4 rings (SSSR count). The largest absolute Gasteiger partial charge is 0.433 e. The Morgan fingerprint density at radius 2 is 1.94 bits per heavy atom. The highest BCUT2D eigenvalue weighted by Crippen LogP contribution is 2.37. The summed E-state index contributed by atoms with van der Waals surface area (Å²) < 4.78 is 40.3. The molecule has 3 heterocycles. The fourth-order valence-corrected chi connectivity index (χ4v) is 3.51. The number of carbonyl (C=O) groups excluding carboxylic acids is 1. The van der Waals surface area contributed by atoms with Crippen LogP contribution in [0.3, 0.4) is 0 Å². The van der Waals surface area contributed by atoms with Gasteiger partial charge in [0.25, 0.3) is 5.91 Å². The third-order valence-electron chi connectivity index (χ3n) is 5.03. The number of benzene rings is 1. The van der Waals surface area contributed by atoms with Crippen molar-refractivity contribution in [2.45, 2.75) is 12.7 Å². The van der Waals surface area contributed by atoms with Crippen molar-refractivity contribution in [1.29, 1.82) is 0 Å². The van der Waals surface area contributed by atoms with Gasteiger partial charge in [-0.15, -0.1) is 0 Å². The molecule has 0 aliphatic heterocycles. The fraction of sp³-hybridized carbons (Fsp3) is 0.136. The topological polar surface area (TPSA) is 115 Å². The lowest BCUT2D eigenvalue weighted by Gasteiger charge is -2.17. The maximum Gasteiger partial charge on any atom is 0.433 e. The average molecular weight is 455 g/mol. The van der Waals surface area contributed by atoms with Crippen molar-refractivity contribution in [2.24, 2.45) is 5.84 Å². The van der Waals surface area contributed by atoms with Gasteiger partial charge in [-0.05, 0) is 42.5 Å². The van der Waals surface area contributed by atoms with E-state index in [2.05, 4.69) is 15.3 Å². The molecule has 0 radical (unpaired) electrons. The second-order valence-electron chi connectivity index (χ2n) is 7.32. The molecule has 0 bridgehead atoms. The Balaban J connectivity index is 1.73. The predicted molar refractivity (Wildman–Crippen MR) is 118 cm³/mol. The van der Waals surface area contributed by atoms with Gasteiger partial charge in [0.1, 0.15) is 5.69 Å². The molecule has 1 amide bonds. The van der Waals surface area contributed by atoms with Crippen molar-refractivity contribution >= 4 is 28.3 Å². The van der Waals surface area contributed by atoms with E-state index in [0.29, 0.717) is 33.7 Å². The summed E-state index contributed by atoms with van der Waals surface area (Å²) in [6.45, 7) is 0.252. The lowest BCUT2D eigenvalue weighted by atomic mass is 10.1. The van der Waals surface area contributed by atoms with Crippen LogP contribution >= 0.6 is 0 Å². The van der Waals surface area contributed by atoms with Gasteiger partial charge in [-0.1, -0.05) is 6.07 Å². The fourth-order valence-electron chi connectivity index (χ4n) is 3.51. The Kier molecular flexibility index (Phi) is 5.64. The van der Waals surface area contributed by atoms with E-state index >= 15 is 0 Å². The number of nitrogens with one attached hydrogen (secondary N) is 1. The molecule has 3 aromatic heterocycles. The standard InChI is InChI=1S/C22H20F3N7O/c1-31(27)21-19(26)16-10-13(20(33)30-11-14-4-2-3-9-28-14)5-7-17(16)32(21)15-6-8-18(29-12-15)22(23,24)25/h2-10,12H,11,26-27H2,1H3,(H,30,33). The van der Waals surface area contributed by atoms with Crippen LogP contribution in [-0.4, -0.2) is 27.5 Å². The first kappa shape index (κ1) is 22.1. The minimum absolute atomic E-state index is 0.252. The Bertz CT molecular complexity index is 1300. The summed E-state index contributed by atoms with van der Waals surface area (Å²) in [7, 11) is 1.55. The molecular formula is C22H20F3N7O. The quantitative estimate of drug-likeness (QED) is 0.314. The lowest BCUT2D eigenvalue weighted by Crippen LogP contribution is -2.28. The Labute approximate surface area is 186 Å². The molecule has 4 aromatic rings. The second kappa shape index (κ2) is 8.43. The molecule has 0 aliphatic carbocycles. The molecular weight excluding hydrogens is 435 g/mol. The smallest absolute Gasteiger partial charge is 0.395 e. The van der Waals surface area contributed by atoms with Gasteiger partial charge in [0.15, 0.2) is 5.82 Å². The van der Waals surface area contributed by atoms with E-state index in [4.69, 9.17) is 11.6 Å². The van der Waals surface area contributed by atoms with Crippen LogP contribution in [0.1, 0.15) is 21.7 Å². The van der Waals surface area contributed by atoms with E-state index < -0.39 is 11.9 Å². The van der Waals surface area contributed by atoms with Gasteiger partial charge in [0.2, 0.25) is 0 Å². The summed E-state index contributed by atoms with van der Waals surface area (Å²) in [5.41, 5.74) is 7.55. The number of hydrogen-bond acceptors (Lipinski definition) is 6. The van der Waals surface area contributed by atoms with Crippen LogP contribution in [0, 0.1) is 0 Å². The van der Waals surface area contributed by atoms with Crippen LogP contribution < -0.4 is 21.9 Å². The highest BCUT2D eigenvalue weighted by atomic mass is 19.4. The number of anilines is 2. The summed E-state index contributed by atoms with van der Waals surface area (Å²) in [5, 5.41) is 4.57. The zero-order valence-corrected chi connectivity index (χ0v) is 17.5. The number of nitrogens with zero attached hydrogens (tertiary/aromatic N) is 4. The van der Waals surface area contributed by atoms with Gasteiger partial charge in [0, 0.05) is 24.2 Å². The Hall–Kier alpha value is -4.12. The number of pyridine rings is 2. The first-order valence-electron chi connectivity index (χ1n) is 9.81. The highest BCUT2D eigenvalue weighted by molar-refractivity contribution is 6.05. The number of alkyl halides is 3. The monoisotopic (exact) mass is 455 g/mol. The van der Waals surface area contributed by atoms with Crippen LogP contribution in [0.4, 0.5) is 24.7 Å². The minimum Gasteiger partial charge on any atom is -0.395 e. The number of rotatable bonds is 5. The molecule has 0 atom stereocenters. The van der Waals surface area contributed by atoms with Crippen LogP contribution in [0.15, 0.2) is 60.9 Å². The summed E-state index contributed by atoms with van der Waals surface area (Å²) in [5.74, 6) is 5.99. The Morgan fingerprint density at radius 1 is 1.15 bits per heavy atom. The molecule has 11 heteroatoms. The number of carbonyl (C=O) groups is 1. The molecule has 0 saturated carbocycles. The zero-order valence-electron chi connectivity index (χ0n) is 17.5. The Morgan fingerprint density at radius 3 is 2.55 bits per heavy atom. The molecule has 0 fully saturated rings. The van der Waals surface area contributed by atoms with Crippen molar-refractivity contribution in [3.63, 3.8) is 0 Å². The van der Waals surface area contributed by atoms with E-state index in [-0.39, 0.29) is 18.1 Å². The number of halogens is 3. The van der Waals surface area contributed by atoms with E-state index in [1.807, 2.05) is 6.07 Å². The molecule has 8 nitrogen and oxygen atoms in total. The van der Waals surface area contributed by atoms with Gasteiger partial charge in [-0.2, -0.15) is 13.2 Å². The summed E-state index contributed by atoms with van der Waals surface area (Å²) >= 11 is 0. The average Bonchev–Trinajstić information content (AvgIpc) is 3.09. The van der Waals surface area contributed by atoms with Crippen molar-refractivity contribution in [3.05, 3.63) is 77.9 Å². The number of amides is 1. The van der Waals surface area contributed by atoms with E-state index in [9.17, 15) is 18.0 Å². The van der Waals surface area contributed by atoms with Gasteiger partial charge in [0.05, 0.1) is 35.3 Å². The van der Waals surface area contributed by atoms with Gasteiger partial charge >= 0.3 is 6.18 Å². The van der Waals surface area contributed by atoms with Crippen molar-refractivity contribution in [1.82, 2.24) is 19.9 Å². The molecule has 33 heavy (non-hydrogen) atoms. The number of nitrogens with two attached hydrogens (primary N) is 2. The van der Waals surface area contributed by atoms with Gasteiger partial charge < -0.3 is 11.1 Å². The number of fused-ring (bicyclic) bond motifs is 1. The lowest BCUT2D eigenvalue weighted by molar-refractivity contribution is -0.141. The van der Waals surface area contributed by atoms with E-state index in [1.54, 1.807) is 48.1 Å². The van der Waals surface area contributed by atoms with Crippen LogP contribution in [0.5, 0.6) is 0 Å². The maximum absolute atomic E-state index is 12.9. The molecule has 1 aromatic carbocycles. The SMILES string of the molecule is CN(N)c1c(N)c2cc(C(=O)NCc3ccccn3)ccc2n1-c1ccc(C(F)(F)F)nc1. The summed E-state index contributed by atoms with van der Waals surface area (Å²) in [4.78, 5) is 20.4. The maximum atomic E-state index is 12.9. The van der Waals surface area contributed by atoms with Crippen molar-refractivity contribution in [3.8, 4) is 5.69 Å². The molecule has 0 saturated heterocycles. The first-order valence-corrected chi connectivity index (χ1v) is 9.81. The van der Waals surface area contributed by atoms with Crippen LogP contribution in [0.2, 0.25) is 0 Å². The summed E-state index contributed by atoms with van der Waals surface area (Å²) in [6, 6.07) is 12.4. The molecule has 170 valence electrons. The molecule has 0 spiro atoms. The van der Waals surface area contributed by atoms with Gasteiger partial charge in [-0.25, -0.2) is 10.8 Å². The van der Waals surface area contributed by atoms with E-state index in [1.165, 1.54) is 11.1 Å². The molecule has 0 aliphatic rings. The first-order chi connectivity index (χ1) is 15.7. The normalized spacial score (nSPS) is 11.5. The van der Waals surface area contributed by atoms with Crippen LogP contribution in [-0.2, 0) is 12.7 Å². The molecule has 0 unspecified atom stereocenters. The summed E-state index contributed by atoms with van der Waals surface area (Å²) in [6.07, 6.45) is -1.82. The van der Waals surface area contributed by atoms with Crippen molar-refractivity contribution < 1.29 is 18.0 Å². The van der Waals surface area contributed by atoms with E-state index in [0.717, 1.165) is 12.3 Å². The number of hydrazine groups is 1. The third-order valence-corrected chi connectivity index (χ3v) is 5.03.